The van der Waals surface area contributed by atoms with E-state index in [9.17, 15) is 9.90 Å². The minimum absolute atomic E-state index is 0.0693. The number of phenols is 1. The minimum Gasteiger partial charge on any atom is -0.507 e. The van der Waals surface area contributed by atoms with Crippen LogP contribution in [0.4, 0.5) is 0 Å². The molecule has 4 heteroatoms. The number of ether oxygens (including phenoxy) is 1. The maximum atomic E-state index is 12.5. The van der Waals surface area contributed by atoms with Crippen molar-refractivity contribution in [1.29, 1.82) is 0 Å². The Morgan fingerprint density at radius 3 is 2.70 bits per heavy atom. The molecule has 23 heavy (non-hydrogen) atoms. The number of carbonyl (C=O) groups excluding carboxylic acids is 1. The van der Waals surface area contributed by atoms with E-state index in [1.807, 2.05) is 37.3 Å². The number of furan rings is 1. The van der Waals surface area contributed by atoms with E-state index in [2.05, 4.69) is 0 Å². The van der Waals surface area contributed by atoms with Gasteiger partial charge in [0.25, 0.3) is 0 Å². The zero-order valence-corrected chi connectivity index (χ0v) is 13.1. The molecular weight excluding hydrogens is 292 g/mol. The molecule has 3 rings (SSSR count). The Morgan fingerprint density at radius 2 is 2.00 bits per heavy atom. The molecule has 0 saturated carbocycles. The van der Waals surface area contributed by atoms with Gasteiger partial charge in [0.1, 0.15) is 22.8 Å². The van der Waals surface area contributed by atoms with E-state index in [-0.39, 0.29) is 18.0 Å². The molecule has 0 saturated heterocycles. The van der Waals surface area contributed by atoms with Crippen molar-refractivity contribution in [3.05, 3.63) is 59.4 Å². The summed E-state index contributed by atoms with van der Waals surface area (Å²) in [5.74, 6) is 0.925. The highest BCUT2D eigenvalue weighted by atomic mass is 16.5. The fraction of sp³-hybridized carbons (Fsp3) is 0.211. The second kappa shape index (κ2) is 6.16. The van der Waals surface area contributed by atoms with Crippen LogP contribution in [-0.2, 0) is 12.8 Å². The summed E-state index contributed by atoms with van der Waals surface area (Å²) in [6, 6.07) is 12.7. The summed E-state index contributed by atoms with van der Waals surface area (Å²) in [6.07, 6.45) is 0.825. The van der Waals surface area contributed by atoms with Crippen molar-refractivity contribution >= 4 is 16.8 Å². The Balaban J connectivity index is 1.90. The van der Waals surface area contributed by atoms with Crippen molar-refractivity contribution in [3.8, 4) is 11.5 Å². The number of hydrogen-bond donors (Lipinski definition) is 1. The molecule has 4 nitrogen and oxygen atoms in total. The van der Waals surface area contributed by atoms with Gasteiger partial charge in [-0.25, -0.2) is 0 Å². The van der Waals surface area contributed by atoms with Gasteiger partial charge in [0, 0.05) is 11.5 Å². The Bertz CT molecular complexity index is 828. The quantitative estimate of drug-likeness (QED) is 0.720. The number of para-hydroxylation sites is 1. The van der Waals surface area contributed by atoms with Crippen molar-refractivity contribution in [3.63, 3.8) is 0 Å². The Hall–Kier alpha value is -2.75. The second-order valence-electron chi connectivity index (χ2n) is 5.39. The number of Topliss-reactive ketones (excluding diaryl/α,β-unsaturated/α-hetero) is 1. The van der Waals surface area contributed by atoms with Crippen LogP contribution in [0.1, 0.15) is 28.6 Å². The molecule has 0 aliphatic carbocycles. The molecule has 0 fully saturated rings. The maximum Gasteiger partial charge on any atom is 0.174 e. The number of benzene rings is 2. The van der Waals surface area contributed by atoms with Gasteiger partial charge in [-0.05, 0) is 30.2 Å². The molecule has 3 aromatic rings. The lowest BCUT2D eigenvalue weighted by atomic mass is 10.0. The monoisotopic (exact) mass is 310 g/mol. The van der Waals surface area contributed by atoms with Crippen LogP contribution in [-0.4, -0.2) is 18.0 Å². The van der Waals surface area contributed by atoms with Crippen LogP contribution in [0, 0.1) is 0 Å². The zero-order chi connectivity index (χ0) is 16.4. The molecule has 0 unspecified atom stereocenters. The molecule has 0 aliphatic heterocycles. The van der Waals surface area contributed by atoms with Gasteiger partial charge in [0.05, 0.1) is 19.1 Å². The van der Waals surface area contributed by atoms with Gasteiger partial charge < -0.3 is 14.3 Å². The van der Waals surface area contributed by atoms with Crippen molar-refractivity contribution < 1.29 is 19.1 Å². The fourth-order valence-electron chi connectivity index (χ4n) is 2.68. The van der Waals surface area contributed by atoms with E-state index in [0.29, 0.717) is 23.5 Å². The van der Waals surface area contributed by atoms with Crippen molar-refractivity contribution in [2.45, 2.75) is 19.8 Å². The number of rotatable bonds is 5. The summed E-state index contributed by atoms with van der Waals surface area (Å²) in [7, 11) is 1.55. The highest BCUT2D eigenvalue weighted by Crippen LogP contribution is 2.30. The average molecular weight is 310 g/mol. The molecule has 1 N–H and O–H groups in total. The average Bonchev–Trinajstić information content (AvgIpc) is 2.96. The number of ketones is 1. The van der Waals surface area contributed by atoms with Gasteiger partial charge in [0.15, 0.2) is 5.78 Å². The number of carbonyl (C=O) groups is 1. The van der Waals surface area contributed by atoms with Crippen LogP contribution in [0.2, 0.25) is 0 Å². The fourth-order valence-corrected chi connectivity index (χ4v) is 2.68. The van der Waals surface area contributed by atoms with Crippen LogP contribution >= 0.6 is 0 Å². The van der Waals surface area contributed by atoms with Crippen molar-refractivity contribution in [1.82, 2.24) is 0 Å². The first kappa shape index (κ1) is 15.2. The Morgan fingerprint density at radius 1 is 1.22 bits per heavy atom. The number of fused-ring (bicyclic) bond motifs is 1. The standard InChI is InChI=1S/C19H18O4/c1-3-12-9-15(17(21)11-19(12)22-2)16(20)10-14-8-13-6-4-5-7-18(13)23-14/h4-9,11,21H,3,10H2,1-2H3. The lowest BCUT2D eigenvalue weighted by Gasteiger charge is -2.10. The molecule has 1 aromatic heterocycles. The zero-order valence-electron chi connectivity index (χ0n) is 13.1. The van der Waals surface area contributed by atoms with E-state index >= 15 is 0 Å². The highest BCUT2D eigenvalue weighted by Gasteiger charge is 2.17. The van der Waals surface area contributed by atoms with Gasteiger partial charge in [0.2, 0.25) is 0 Å². The third-order valence-electron chi connectivity index (χ3n) is 3.89. The van der Waals surface area contributed by atoms with E-state index in [0.717, 1.165) is 16.5 Å². The number of methoxy groups -OCH3 is 1. The molecule has 2 aromatic carbocycles. The molecule has 118 valence electrons. The summed E-state index contributed by atoms with van der Waals surface area (Å²) in [5, 5.41) is 11.1. The molecule has 0 aliphatic rings. The van der Waals surface area contributed by atoms with Gasteiger partial charge in [-0.15, -0.1) is 0 Å². The lowest BCUT2D eigenvalue weighted by Crippen LogP contribution is -2.05. The molecule has 0 bridgehead atoms. The van der Waals surface area contributed by atoms with Crippen LogP contribution in [0.25, 0.3) is 11.0 Å². The van der Waals surface area contributed by atoms with Crippen molar-refractivity contribution in [2.75, 3.05) is 7.11 Å². The predicted octanol–water partition coefficient (Wildman–Crippen LogP) is 4.13. The SMILES string of the molecule is CCc1cc(C(=O)Cc2cc3ccccc3o2)c(O)cc1OC. The number of aromatic hydroxyl groups is 1. The largest absolute Gasteiger partial charge is 0.507 e. The molecule has 0 radical (unpaired) electrons. The predicted molar refractivity (Wildman–Crippen MR) is 88.3 cm³/mol. The van der Waals surface area contributed by atoms with Crippen molar-refractivity contribution in [2.24, 2.45) is 0 Å². The molecule has 1 heterocycles. The molecular formula is C19H18O4. The number of hydrogen-bond acceptors (Lipinski definition) is 4. The van der Waals surface area contributed by atoms with Crippen LogP contribution < -0.4 is 4.74 Å². The third-order valence-corrected chi connectivity index (χ3v) is 3.89. The summed E-state index contributed by atoms with van der Waals surface area (Å²) >= 11 is 0. The maximum absolute atomic E-state index is 12.5. The summed E-state index contributed by atoms with van der Waals surface area (Å²) in [5.41, 5.74) is 1.94. The first-order chi connectivity index (χ1) is 11.1. The van der Waals surface area contributed by atoms with E-state index < -0.39 is 0 Å². The summed E-state index contributed by atoms with van der Waals surface area (Å²) in [4.78, 5) is 12.5. The van der Waals surface area contributed by atoms with Gasteiger partial charge in [-0.3, -0.25) is 4.79 Å². The normalized spacial score (nSPS) is 10.9. The lowest BCUT2D eigenvalue weighted by molar-refractivity contribution is 0.0985. The molecule has 0 amide bonds. The minimum atomic E-state index is -0.182. The molecule has 0 spiro atoms. The Kier molecular flexibility index (Phi) is 4.06. The third kappa shape index (κ3) is 2.93. The van der Waals surface area contributed by atoms with Crippen LogP contribution in [0.3, 0.4) is 0 Å². The van der Waals surface area contributed by atoms with Crippen LogP contribution in [0.15, 0.2) is 46.9 Å². The molecule has 0 atom stereocenters. The topological polar surface area (TPSA) is 59.7 Å². The van der Waals surface area contributed by atoms with E-state index in [4.69, 9.17) is 9.15 Å². The second-order valence-corrected chi connectivity index (χ2v) is 5.39. The van der Waals surface area contributed by atoms with Gasteiger partial charge >= 0.3 is 0 Å². The highest BCUT2D eigenvalue weighted by molar-refractivity contribution is 6.00. The summed E-state index contributed by atoms with van der Waals surface area (Å²) < 4.78 is 10.9. The van der Waals surface area contributed by atoms with Gasteiger partial charge in [-0.2, -0.15) is 0 Å². The number of phenolic OH excluding ortho intramolecular Hbond substituents is 1. The van der Waals surface area contributed by atoms with E-state index in [1.54, 1.807) is 13.2 Å². The van der Waals surface area contributed by atoms with Crippen LogP contribution in [0.5, 0.6) is 11.5 Å². The Labute approximate surface area is 134 Å². The summed E-state index contributed by atoms with van der Waals surface area (Å²) in [6.45, 7) is 1.97. The first-order valence-corrected chi connectivity index (χ1v) is 7.53. The van der Waals surface area contributed by atoms with Gasteiger partial charge in [-0.1, -0.05) is 25.1 Å². The van der Waals surface area contributed by atoms with E-state index in [1.165, 1.54) is 6.07 Å². The smallest absolute Gasteiger partial charge is 0.174 e. The first-order valence-electron chi connectivity index (χ1n) is 7.53. The number of aryl methyl sites for hydroxylation is 1.